The summed E-state index contributed by atoms with van der Waals surface area (Å²) in [6.07, 6.45) is 0. The first-order valence-electron chi connectivity index (χ1n) is 4.62. The van der Waals surface area contributed by atoms with Crippen LogP contribution in [0.5, 0.6) is 0 Å². The Morgan fingerprint density at radius 1 is 1.40 bits per heavy atom. The van der Waals surface area contributed by atoms with E-state index in [4.69, 9.17) is 5.73 Å². The molecule has 0 aromatic heterocycles. The second kappa shape index (κ2) is 4.72. The summed E-state index contributed by atoms with van der Waals surface area (Å²) in [6.45, 7) is 1.58. The first-order chi connectivity index (χ1) is 6.97. The van der Waals surface area contributed by atoms with Crippen molar-refractivity contribution in [3.8, 4) is 0 Å². The van der Waals surface area contributed by atoms with Crippen LogP contribution in [0.4, 0.5) is 4.39 Å². The monoisotopic (exact) mass is 231 g/mol. The van der Waals surface area contributed by atoms with Gasteiger partial charge >= 0.3 is 0 Å². The number of halogens is 1. The molecule has 5 heteroatoms. The molecular formula is C10H14FNO2S. The van der Waals surface area contributed by atoms with E-state index in [2.05, 4.69) is 0 Å². The van der Waals surface area contributed by atoms with Crippen LogP contribution in [0.25, 0.3) is 0 Å². The minimum Gasteiger partial charge on any atom is -0.329 e. The molecule has 2 N–H and O–H groups in total. The van der Waals surface area contributed by atoms with Gasteiger partial charge < -0.3 is 5.73 Å². The van der Waals surface area contributed by atoms with Crippen molar-refractivity contribution in [3.05, 3.63) is 35.6 Å². The number of nitrogens with two attached hydrogens (primary N) is 1. The minimum absolute atomic E-state index is 0.0524. The summed E-state index contributed by atoms with van der Waals surface area (Å²) in [4.78, 5) is 0. The standard InChI is InChI=1S/C10H14FNO2S/c1-8(6-12)15(13,14)7-9-4-2-3-5-10(9)11/h2-5,8H,6-7,12H2,1H3. The lowest BCUT2D eigenvalue weighted by molar-refractivity contribution is 0.577. The second-order valence-corrected chi connectivity index (χ2v) is 5.86. The minimum atomic E-state index is -3.35. The number of rotatable bonds is 4. The molecule has 0 aliphatic heterocycles. The van der Waals surface area contributed by atoms with Gasteiger partial charge in [-0.15, -0.1) is 0 Å². The Hall–Kier alpha value is -0.940. The summed E-state index contributed by atoms with van der Waals surface area (Å²) in [7, 11) is -3.35. The lowest BCUT2D eigenvalue weighted by Gasteiger charge is -2.10. The van der Waals surface area contributed by atoms with Crippen molar-refractivity contribution in [2.24, 2.45) is 5.73 Å². The van der Waals surface area contributed by atoms with Crippen molar-refractivity contribution < 1.29 is 12.8 Å². The molecule has 0 heterocycles. The fraction of sp³-hybridized carbons (Fsp3) is 0.400. The Labute approximate surface area is 89.0 Å². The predicted octanol–water partition coefficient (Wildman–Crippen LogP) is 1.09. The molecule has 0 fully saturated rings. The van der Waals surface area contributed by atoms with Crippen molar-refractivity contribution in [2.45, 2.75) is 17.9 Å². The predicted molar refractivity (Wildman–Crippen MR) is 57.5 cm³/mol. The summed E-state index contributed by atoms with van der Waals surface area (Å²) in [6, 6.07) is 5.85. The normalized spacial score (nSPS) is 13.8. The molecular weight excluding hydrogens is 217 g/mol. The number of hydrogen-bond donors (Lipinski definition) is 1. The Kier molecular flexibility index (Phi) is 3.82. The van der Waals surface area contributed by atoms with E-state index in [0.29, 0.717) is 0 Å². The summed E-state index contributed by atoms with van der Waals surface area (Å²) >= 11 is 0. The highest BCUT2D eigenvalue weighted by molar-refractivity contribution is 7.91. The van der Waals surface area contributed by atoms with Crippen molar-refractivity contribution in [1.29, 1.82) is 0 Å². The highest BCUT2D eigenvalue weighted by Crippen LogP contribution is 2.13. The van der Waals surface area contributed by atoms with Crippen LogP contribution < -0.4 is 5.73 Å². The SMILES string of the molecule is CC(CN)S(=O)(=O)Cc1ccccc1F. The molecule has 0 saturated heterocycles. The molecule has 3 nitrogen and oxygen atoms in total. The maximum Gasteiger partial charge on any atom is 0.158 e. The van der Waals surface area contributed by atoms with Crippen LogP contribution >= 0.6 is 0 Å². The molecule has 84 valence electrons. The van der Waals surface area contributed by atoms with E-state index in [1.165, 1.54) is 25.1 Å². The molecule has 0 amide bonds. The van der Waals surface area contributed by atoms with E-state index in [-0.39, 0.29) is 17.9 Å². The fourth-order valence-corrected chi connectivity index (χ4v) is 2.37. The Morgan fingerprint density at radius 3 is 2.53 bits per heavy atom. The largest absolute Gasteiger partial charge is 0.329 e. The third-order valence-corrected chi connectivity index (χ3v) is 4.39. The molecule has 0 bridgehead atoms. The topological polar surface area (TPSA) is 60.2 Å². The molecule has 0 saturated carbocycles. The summed E-state index contributed by atoms with van der Waals surface area (Å²) in [5.74, 6) is -0.789. The van der Waals surface area contributed by atoms with Crippen LogP contribution in [0.3, 0.4) is 0 Å². The van der Waals surface area contributed by atoms with Gasteiger partial charge in [-0.3, -0.25) is 0 Å². The van der Waals surface area contributed by atoms with Gasteiger partial charge in [0.1, 0.15) is 5.82 Å². The van der Waals surface area contributed by atoms with Crippen LogP contribution in [0.1, 0.15) is 12.5 Å². The molecule has 1 aromatic rings. The van der Waals surface area contributed by atoms with Gasteiger partial charge in [0, 0.05) is 12.1 Å². The molecule has 1 aromatic carbocycles. The highest BCUT2D eigenvalue weighted by Gasteiger charge is 2.21. The second-order valence-electron chi connectivity index (χ2n) is 3.44. The number of sulfone groups is 1. The molecule has 0 spiro atoms. The third-order valence-electron chi connectivity index (χ3n) is 2.26. The van der Waals surface area contributed by atoms with Crippen molar-refractivity contribution in [1.82, 2.24) is 0 Å². The average molecular weight is 231 g/mol. The van der Waals surface area contributed by atoms with E-state index in [1.54, 1.807) is 6.07 Å². The number of benzene rings is 1. The lowest BCUT2D eigenvalue weighted by atomic mass is 10.2. The Morgan fingerprint density at radius 2 is 2.00 bits per heavy atom. The maximum absolute atomic E-state index is 13.2. The van der Waals surface area contributed by atoms with E-state index < -0.39 is 20.9 Å². The number of hydrogen-bond acceptors (Lipinski definition) is 3. The Balaban J connectivity index is 2.92. The maximum atomic E-state index is 13.2. The van der Waals surface area contributed by atoms with E-state index in [1.807, 2.05) is 0 Å². The molecule has 15 heavy (non-hydrogen) atoms. The molecule has 1 atom stereocenters. The van der Waals surface area contributed by atoms with Gasteiger partial charge in [0.15, 0.2) is 9.84 Å². The van der Waals surface area contributed by atoms with Gasteiger partial charge in [0.2, 0.25) is 0 Å². The van der Waals surface area contributed by atoms with Crippen molar-refractivity contribution in [2.75, 3.05) is 6.54 Å². The van der Waals surface area contributed by atoms with Crippen LogP contribution in [-0.4, -0.2) is 20.2 Å². The smallest absolute Gasteiger partial charge is 0.158 e. The van der Waals surface area contributed by atoms with Gasteiger partial charge in [-0.1, -0.05) is 18.2 Å². The molecule has 0 aliphatic rings. The summed E-state index contributed by atoms with van der Waals surface area (Å²) < 4.78 is 36.5. The van der Waals surface area contributed by atoms with Gasteiger partial charge in [-0.2, -0.15) is 0 Å². The van der Waals surface area contributed by atoms with Gasteiger partial charge in [0.05, 0.1) is 11.0 Å². The lowest BCUT2D eigenvalue weighted by Crippen LogP contribution is -2.27. The van der Waals surface area contributed by atoms with E-state index in [0.717, 1.165) is 0 Å². The van der Waals surface area contributed by atoms with Gasteiger partial charge in [0.25, 0.3) is 0 Å². The molecule has 1 unspecified atom stereocenters. The third kappa shape index (κ3) is 3.00. The van der Waals surface area contributed by atoms with Crippen molar-refractivity contribution >= 4 is 9.84 Å². The van der Waals surface area contributed by atoms with E-state index >= 15 is 0 Å². The quantitative estimate of drug-likeness (QED) is 0.843. The van der Waals surface area contributed by atoms with Crippen LogP contribution in [0.15, 0.2) is 24.3 Å². The summed E-state index contributed by atoms with van der Waals surface area (Å²) in [5.41, 5.74) is 5.47. The average Bonchev–Trinajstić information content (AvgIpc) is 2.20. The first-order valence-corrected chi connectivity index (χ1v) is 6.34. The highest BCUT2D eigenvalue weighted by atomic mass is 32.2. The zero-order chi connectivity index (χ0) is 11.5. The van der Waals surface area contributed by atoms with Crippen molar-refractivity contribution in [3.63, 3.8) is 0 Å². The first kappa shape index (κ1) is 12.1. The molecule has 0 radical (unpaired) electrons. The molecule has 0 aliphatic carbocycles. The van der Waals surface area contributed by atoms with Crippen LogP contribution in [0, 0.1) is 5.82 Å². The van der Waals surface area contributed by atoms with Gasteiger partial charge in [-0.05, 0) is 13.0 Å². The molecule has 1 rings (SSSR count). The van der Waals surface area contributed by atoms with E-state index in [9.17, 15) is 12.8 Å². The van der Waals surface area contributed by atoms with Crippen LogP contribution in [0.2, 0.25) is 0 Å². The zero-order valence-electron chi connectivity index (χ0n) is 8.48. The zero-order valence-corrected chi connectivity index (χ0v) is 9.30. The summed E-state index contributed by atoms with van der Waals surface area (Å²) in [5, 5.41) is -0.642. The van der Waals surface area contributed by atoms with Crippen LogP contribution in [-0.2, 0) is 15.6 Å². The fourth-order valence-electron chi connectivity index (χ4n) is 1.12. The Bertz CT molecular complexity index is 431. The van der Waals surface area contributed by atoms with Gasteiger partial charge in [-0.25, -0.2) is 12.8 Å².